The molecule has 0 radical (unpaired) electrons. The molecule has 0 aliphatic heterocycles. The fourth-order valence-electron chi connectivity index (χ4n) is 1.84. The van der Waals surface area contributed by atoms with Gasteiger partial charge in [-0.05, 0) is 49.2 Å². The fraction of sp³-hybridized carbons (Fsp3) is 0.200. The summed E-state index contributed by atoms with van der Waals surface area (Å²) < 4.78 is 32.6. The van der Waals surface area contributed by atoms with E-state index in [1.807, 2.05) is 0 Å². The highest BCUT2D eigenvalue weighted by Gasteiger charge is 2.12. The molecule has 2 N–H and O–H groups in total. The second kappa shape index (κ2) is 6.20. The summed E-state index contributed by atoms with van der Waals surface area (Å²) >= 11 is 5.69. The Kier molecular flexibility index (Phi) is 4.57. The molecule has 2 rings (SSSR count). The molecule has 0 heterocycles. The number of benzene rings is 2. The maximum absolute atomic E-state index is 13.8. The molecule has 0 fully saturated rings. The number of rotatable bonds is 4. The van der Waals surface area contributed by atoms with Crippen LogP contribution in [0.3, 0.4) is 0 Å². The predicted octanol–water partition coefficient (Wildman–Crippen LogP) is 4.30. The lowest BCUT2D eigenvalue weighted by Gasteiger charge is -2.13. The average Bonchev–Trinajstić information content (AvgIpc) is 2.37. The number of hydrogen-bond donors (Lipinski definition) is 1. The predicted molar refractivity (Wildman–Crippen MR) is 75.2 cm³/mol. The van der Waals surface area contributed by atoms with Crippen LogP contribution in [-0.4, -0.2) is 6.04 Å². The maximum Gasteiger partial charge on any atom is 0.184 e. The van der Waals surface area contributed by atoms with E-state index in [9.17, 15) is 8.78 Å². The lowest BCUT2D eigenvalue weighted by Crippen LogP contribution is -2.18. The highest BCUT2D eigenvalue weighted by atomic mass is 35.5. The largest absolute Gasteiger partial charge is 0.454 e. The van der Waals surface area contributed by atoms with Gasteiger partial charge in [-0.15, -0.1) is 0 Å². The van der Waals surface area contributed by atoms with Gasteiger partial charge in [0.15, 0.2) is 11.6 Å². The standard InChI is InChI=1S/C15H14ClF2NO/c1-9(19)7-10-8-11(17)5-6-13(10)20-14-4-2-3-12(16)15(14)18/h2-6,8-9H,7,19H2,1H3. The van der Waals surface area contributed by atoms with Crippen molar-refractivity contribution in [2.75, 3.05) is 0 Å². The highest BCUT2D eigenvalue weighted by Crippen LogP contribution is 2.31. The Bertz CT molecular complexity index is 617. The molecule has 0 aromatic heterocycles. The van der Waals surface area contributed by atoms with E-state index in [1.54, 1.807) is 13.0 Å². The molecule has 0 aliphatic carbocycles. The molecule has 1 atom stereocenters. The summed E-state index contributed by atoms with van der Waals surface area (Å²) in [5.74, 6) is -0.676. The first-order valence-corrected chi connectivity index (χ1v) is 6.51. The second-order valence-electron chi connectivity index (χ2n) is 4.59. The normalized spacial score (nSPS) is 12.2. The quantitative estimate of drug-likeness (QED) is 0.913. The molecule has 0 spiro atoms. The van der Waals surface area contributed by atoms with E-state index < -0.39 is 5.82 Å². The average molecular weight is 298 g/mol. The minimum atomic E-state index is -0.648. The summed E-state index contributed by atoms with van der Waals surface area (Å²) in [6.45, 7) is 1.80. The van der Waals surface area contributed by atoms with Gasteiger partial charge in [-0.1, -0.05) is 17.7 Å². The number of hydrogen-bond acceptors (Lipinski definition) is 2. The van der Waals surface area contributed by atoms with E-state index in [4.69, 9.17) is 22.1 Å². The zero-order valence-electron chi connectivity index (χ0n) is 10.9. The number of ether oxygens (including phenoxy) is 1. The van der Waals surface area contributed by atoms with Crippen molar-refractivity contribution in [3.8, 4) is 11.5 Å². The molecule has 106 valence electrons. The van der Waals surface area contributed by atoms with E-state index in [0.29, 0.717) is 17.7 Å². The van der Waals surface area contributed by atoms with Gasteiger partial charge in [0.2, 0.25) is 0 Å². The topological polar surface area (TPSA) is 35.2 Å². The molecule has 1 unspecified atom stereocenters. The van der Waals surface area contributed by atoms with Gasteiger partial charge in [0, 0.05) is 6.04 Å². The van der Waals surface area contributed by atoms with Crippen LogP contribution in [-0.2, 0) is 6.42 Å². The molecule has 0 aliphatic rings. The SMILES string of the molecule is CC(N)Cc1cc(F)ccc1Oc1cccc(Cl)c1F. The Hall–Kier alpha value is -1.65. The molecule has 0 saturated heterocycles. The van der Waals surface area contributed by atoms with Crippen molar-refractivity contribution in [1.82, 2.24) is 0 Å². The van der Waals surface area contributed by atoms with Gasteiger partial charge in [-0.2, -0.15) is 0 Å². The van der Waals surface area contributed by atoms with Gasteiger partial charge in [0.25, 0.3) is 0 Å². The van der Waals surface area contributed by atoms with E-state index in [2.05, 4.69) is 0 Å². The third-order valence-corrected chi connectivity index (χ3v) is 2.99. The summed E-state index contributed by atoms with van der Waals surface area (Å²) in [5, 5.41) is -0.0293. The summed E-state index contributed by atoms with van der Waals surface area (Å²) in [6.07, 6.45) is 0.426. The van der Waals surface area contributed by atoms with Crippen LogP contribution in [0, 0.1) is 11.6 Å². The van der Waals surface area contributed by atoms with E-state index >= 15 is 0 Å². The van der Waals surface area contributed by atoms with Crippen molar-refractivity contribution >= 4 is 11.6 Å². The lowest BCUT2D eigenvalue weighted by atomic mass is 10.1. The minimum Gasteiger partial charge on any atom is -0.454 e. The van der Waals surface area contributed by atoms with Gasteiger partial charge in [0.1, 0.15) is 11.6 Å². The number of halogens is 3. The van der Waals surface area contributed by atoms with Gasteiger partial charge < -0.3 is 10.5 Å². The molecule has 20 heavy (non-hydrogen) atoms. The highest BCUT2D eigenvalue weighted by molar-refractivity contribution is 6.30. The van der Waals surface area contributed by atoms with Crippen LogP contribution < -0.4 is 10.5 Å². The monoisotopic (exact) mass is 297 g/mol. The Morgan fingerprint density at radius 2 is 1.95 bits per heavy atom. The Morgan fingerprint density at radius 1 is 1.20 bits per heavy atom. The van der Waals surface area contributed by atoms with Crippen LogP contribution in [0.1, 0.15) is 12.5 Å². The van der Waals surface area contributed by atoms with Crippen molar-refractivity contribution in [3.05, 3.63) is 58.6 Å². The van der Waals surface area contributed by atoms with Crippen molar-refractivity contribution < 1.29 is 13.5 Å². The first-order chi connectivity index (χ1) is 9.47. The first kappa shape index (κ1) is 14.8. The van der Waals surface area contributed by atoms with Crippen LogP contribution in [0.15, 0.2) is 36.4 Å². The zero-order valence-corrected chi connectivity index (χ0v) is 11.6. The second-order valence-corrected chi connectivity index (χ2v) is 4.99. The van der Waals surface area contributed by atoms with Crippen molar-refractivity contribution in [2.45, 2.75) is 19.4 Å². The summed E-state index contributed by atoms with van der Waals surface area (Å²) in [6, 6.07) is 8.34. The molecule has 0 saturated carbocycles. The molecule has 0 bridgehead atoms. The number of nitrogens with two attached hydrogens (primary N) is 1. The Morgan fingerprint density at radius 3 is 2.65 bits per heavy atom. The molecule has 2 aromatic rings. The van der Waals surface area contributed by atoms with Crippen LogP contribution in [0.5, 0.6) is 11.5 Å². The van der Waals surface area contributed by atoms with Gasteiger partial charge in [0.05, 0.1) is 5.02 Å². The smallest absolute Gasteiger partial charge is 0.184 e. The third kappa shape index (κ3) is 3.46. The van der Waals surface area contributed by atoms with Gasteiger partial charge >= 0.3 is 0 Å². The minimum absolute atomic E-state index is 0.00460. The van der Waals surface area contributed by atoms with Gasteiger partial charge in [-0.3, -0.25) is 0 Å². The van der Waals surface area contributed by atoms with Crippen LogP contribution >= 0.6 is 11.6 Å². The Labute approximate surface area is 121 Å². The molecule has 2 nitrogen and oxygen atoms in total. The first-order valence-electron chi connectivity index (χ1n) is 6.13. The fourth-order valence-corrected chi connectivity index (χ4v) is 2.00. The summed E-state index contributed by atoms with van der Waals surface area (Å²) in [7, 11) is 0. The maximum atomic E-state index is 13.8. The van der Waals surface area contributed by atoms with Crippen LogP contribution in [0.4, 0.5) is 8.78 Å². The zero-order chi connectivity index (χ0) is 14.7. The molecule has 0 amide bonds. The van der Waals surface area contributed by atoms with Crippen molar-refractivity contribution in [1.29, 1.82) is 0 Å². The lowest BCUT2D eigenvalue weighted by molar-refractivity contribution is 0.435. The van der Waals surface area contributed by atoms with Crippen LogP contribution in [0.25, 0.3) is 0 Å². The molecular formula is C15H14ClF2NO. The van der Waals surface area contributed by atoms with Gasteiger partial charge in [-0.25, -0.2) is 8.78 Å². The van der Waals surface area contributed by atoms with Crippen LogP contribution in [0.2, 0.25) is 5.02 Å². The summed E-state index contributed by atoms with van der Waals surface area (Å²) in [4.78, 5) is 0. The molecule has 2 aromatic carbocycles. The van der Waals surface area contributed by atoms with E-state index in [-0.39, 0.29) is 22.6 Å². The van der Waals surface area contributed by atoms with Crippen molar-refractivity contribution in [3.63, 3.8) is 0 Å². The molecular weight excluding hydrogens is 284 g/mol. The Balaban J connectivity index is 2.35. The van der Waals surface area contributed by atoms with Crippen molar-refractivity contribution in [2.24, 2.45) is 5.73 Å². The van der Waals surface area contributed by atoms with E-state index in [1.165, 1.54) is 30.3 Å². The van der Waals surface area contributed by atoms with E-state index in [0.717, 1.165) is 0 Å². The summed E-state index contributed by atoms with van der Waals surface area (Å²) in [5.41, 5.74) is 6.30. The third-order valence-electron chi connectivity index (χ3n) is 2.70. The molecule has 5 heteroatoms.